The summed E-state index contributed by atoms with van der Waals surface area (Å²) in [5.41, 5.74) is 3.61. The van der Waals surface area contributed by atoms with Crippen LogP contribution in [0.5, 0.6) is 5.75 Å². The van der Waals surface area contributed by atoms with Crippen LogP contribution in [-0.2, 0) is 6.61 Å². The highest BCUT2D eigenvalue weighted by atomic mass is 79.9. The molecule has 2 aromatic carbocycles. The summed E-state index contributed by atoms with van der Waals surface area (Å²) >= 11 is 6.76. The van der Waals surface area contributed by atoms with Gasteiger partial charge in [-0.15, -0.1) is 0 Å². The largest absolute Gasteiger partial charge is 0.488 e. The molecule has 0 saturated carbocycles. The fraction of sp³-hybridized carbons (Fsp3) is 0.0714. The van der Waals surface area contributed by atoms with Crippen molar-refractivity contribution in [3.63, 3.8) is 0 Å². The van der Waals surface area contributed by atoms with Crippen LogP contribution >= 0.6 is 31.9 Å². The smallest absolute Gasteiger partial charge is 0.265 e. The molecule has 0 radical (unpaired) electrons. The van der Waals surface area contributed by atoms with Crippen molar-refractivity contribution in [2.24, 2.45) is 5.84 Å². The number of hydrogen-bond acceptors (Lipinski definition) is 3. The van der Waals surface area contributed by atoms with Gasteiger partial charge >= 0.3 is 0 Å². The van der Waals surface area contributed by atoms with Crippen LogP contribution in [0.3, 0.4) is 0 Å². The van der Waals surface area contributed by atoms with Crippen molar-refractivity contribution in [1.29, 1.82) is 0 Å². The summed E-state index contributed by atoms with van der Waals surface area (Å²) in [4.78, 5) is 11.4. The molecule has 1 amide bonds. The maximum absolute atomic E-state index is 11.4. The molecule has 4 nitrogen and oxygen atoms in total. The second-order valence-corrected chi connectivity index (χ2v) is 5.80. The van der Waals surface area contributed by atoms with Gasteiger partial charge in [-0.1, -0.05) is 28.1 Å². The minimum absolute atomic E-state index is 0.342. The number of nitrogens with two attached hydrogens (primary N) is 1. The minimum atomic E-state index is -0.342. The fourth-order valence-corrected chi connectivity index (χ4v) is 2.34. The van der Waals surface area contributed by atoms with Crippen molar-refractivity contribution < 1.29 is 9.53 Å². The van der Waals surface area contributed by atoms with E-state index in [1.54, 1.807) is 18.2 Å². The summed E-state index contributed by atoms with van der Waals surface area (Å²) in [7, 11) is 0. The quantitative estimate of drug-likeness (QED) is 0.470. The van der Waals surface area contributed by atoms with E-state index in [4.69, 9.17) is 10.6 Å². The summed E-state index contributed by atoms with van der Waals surface area (Å²) < 4.78 is 7.44. The van der Waals surface area contributed by atoms with Crippen LogP contribution in [0.1, 0.15) is 15.9 Å². The van der Waals surface area contributed by atoms with Gasteiger partial charge in [-0.05, 0) is 51.8 Å². The average molecular weight is 400 g/mol. The van der Waals surface area contributed by atoms with Gasteiger partial charge in [-0.2, -0.15) is 0 Å². The van der Waals surface area contributed by atoms with Crippen LogP contribution < -0.4 is 16.0 Å². The number of carbonyl (C=O) groups excluding carboxylic acids is 1. The number of amides is 1. The lowest BCUT2D eigenvalue weighted by atomic mass is 10.2. The number of nitrogen functional groups attached to an aromatic ring is 1. The molecule has 0 aliphatic heterocycles. The Morgan fingerprint density at radius 1 is 1.15 bits per heavy atom. The third kappa shape index (κ3) is 3.82. The Bertz CT molecular complexity index is 615. The molecule has 104 valence electrons. The lowest BCUT2D eigenvalue weighted by Gasteiger charge is -2.09. The standard InChI is InChI=1S/C14H12Br2N2O2/c15-11-4-1-9(2-5-11)8-20-13-6-3-10(7-12(13)16)14(19)18-17/h1-7H,8,17H2,(H,18,19). The molecule has 0 aromatic heterocycles. The molecule has 20 heavy (non-hydrogen) atoms. The van der Waals surface area contributed by atoms with E-state index in [0.717, 1.165) is 10.0 Å². The molecule has 0 aliphatic rings. The van der Waals surface area contributed by atoms with Gasteiger partial charge < -0.3 is 4.74 Å². The molecule has 6 heteroatoms. The molecule has 0 unspecified atom stereocenters. The molecular weight excluding hydrogens is 388 g/mol. The highest BCUT2D eigenvalue weighted by Gasteiger charge is 2.08. The summed E-state index contributed by atoms with van der Waals surface area (Å²) in [6.45, 7) is 0.453. The number of hydrogen-bond donors (Lipinski definition) is 2. The zero-order valence-electron chi connectivity index (χ0n) is 10.4. The molecule has 0 saturated heterocycles. The highest BCUT2D eigenvalue weighted by molar-refractivity contribution is 9.10. The van der Waals surface area contributed by atoms with Crippen LogP contribution in [0, 0.1) is 0 Å². The number of benzene rings is 2. The number of rotatable bonds is 4. The van der Waals surface area contributed by atoms with E-state index in [1.165, 1.54) is 0 Å². The first-order valence-electron chi connectivity index (χ1n) is 5.78. The third-order valence-corrected chi connectivity index (χ3v) is 3.78. The van der Waals surface area contributed by atoms with Crippen molar-refractivity contribution in [2.75, 3.05) is 0 Å². The van der Waals surface area contributed by atoms with Gasteiger partial charge in [-0.25, -0.2) is 5.84 Å². The molecular formula is C14H12Br2N2O2. The van der Waals surface area contributed by atoms with E-state index < -0.39 is 0 Å². The minimum Gasteiger partial charge on any atom is -0.488 e. The van der Waals surface area contributed by atoms with E-state index in [1.807, 2.05) is 24.3 Å². The van der Waals surface area contributed by atoms with Crippen LogP contribution in [-0.4, -0.2) is 5.91 Å². The Morgan fingerprint density at radius 2 is 1.85 bits per heavy atom. The maximum atomic E-state index is 11.4. The molecule has 2 aromatic rings. The van der Waals surface area contributed by atoms with Crippen molar-refractivity contribution in [2.45, 2.75) is 6.61 Å². The van der Waals surface area contributed by atoms with Gasteiger partial charge in [0.25, 0.3) is 5.91 Å². The number of ether oxygens (including phenoxy) is 1. The lowest BCUT2D eigenvalue weighted by Crippen LogP contribution is -2.29. The Morgan fingerprint density at radius 3 is 2.45 bits per heavy atom. The predicted molar refractivity (Wildman–Crippen MR) is 84.3 cm³/mol. The van der Waals surface area contributed by atoms with Crippen molar-refractivity contribution in [3.8, 4) is 5.75 Å². The highest BCUT2D eigenvalue weighted by Crippen LogP contribution is 2.27. The number of carbonyl (C=O) groups is 1. The molecule has 2 rings (SSSR count). The van der Waals surface area contributed by atoms with Gasteiger partial charge in [0.05, 0.1) is 4.47 Å². The molecule has 0 spiro atoms. The van der Waals surface area contributed by atoms with Crippen LogP contribution in [0.25, 0.3) is 0 Å². The second kappa shape index (κ2) is 6.88. The normalized spacial score (nSPS) is 10.2. The van der Waals surface area contributed by atoms with Crippen molar-refractivity contribution in [1.82, 2.24) is 5.43 Å². The van der Waals surface area contributed by atoms with Crippen LogP contribution in [0.4, 0.5) is 0 Å². The summed E-state index contributed by atoms with van der Waals surface area (Å²) in [6.07, 6.45) is 0. The summed E-state index contributed by atoms with van der Waals surface area (Å²) in [5, 5.41) is 0. The van der Waals surface area contributed by atoms with Gasteiger partial charge in [0, 0.05) is 10.0 Å². The Kier molecular flexibility index (Phi) is 5.17. The van der Waals surface area contributed by atoms with E-state index in [9.17, 15) is 4.79 Å². The number of halogens is 2. The van der Waals surface area contributed by atoms with Gasteiger partial charge in [0.1, 0.15) is 12.4 Å². The van der Waals surface area contributed by atoms with Crippen LogP contribution in [0.2, 0.25) is 0 Å². The molecule has 3 N–H and O–H groups in total. The van der Waals surface area contributed by atoms with Gasteiger partial charge in [-0.3, -0.25) is 10.2 Å². The number of nitrogens with one attached hydrogen (secondary N) is 1. The van der Waals surface area contributed by atoms with E-state index in [2.05, 4.69) is 37.3 Å². The first-order valence-corrected chi connectivity index (χ1v) is 7.36. The predicted octanol–water partition coefficient (Wildman–Crippen LogP) is 3.39. The molecule has 0 atom stereocenters. The third-order valence-electron chi connectivity index (χ3n) is 2.63. The van der Waals surface area contributed by atoms with E-state index in [0.29, 0.717) is 22.4 Å². The van der Waals surface area contributed by atoms with Gasteiger partial charge in [0.2, 0.25) is 0 Å². The Labute approximate surface area is 133 Å². The van der Waals surface area contributed by atoms with Crippen molar-refractivity contribution >= 4 is 37.8 Å². The van der Waals surface area contributed by atoms with Crippen LogP contribution in [0.15, 0.2) is 51.4 Å². The summed E-state index contributed by atoms with van der Waals surface area (Å²) in [6, 6.07) is 12.9. The monoisotopic (exact) mass is 398 g/mol. The van der Waals surface area contributed by atoms with Gasteiger partial charge in [0.15, 0.2) is 0 Å². The van der Waals surface area contributed by atoms with E-state index in [-0.39, 0.29) is 5.91 Å². The number of hydrazine groups is 1. The van der Waals surface area contributed by atoms with Crippen molar-refractivity contribution in [3.05, 3.63) is 62.5 Å². The SMILES string of the molecule is NNC(=O)c1ccc(OCc2ccc(Br)cc2)c(Br)c1. The first kappa shape index (κ1) is 15.0. The molecule has 0 fully saturated rings. The zero-order chi connectivity index (χ0) is 14.5. The average Bonchev–Trinajstić information content (AvgIpc) is 2.46. The molecule has 0 aliphatic carbocycles. The topological polar surface area (TPSA) is 64.3 Å². The summed E-state index contributed by atoms with van der Waals surface area (Å²) in [5.74, 6) is 5.41. The Hall–Kier alpha value is -1.37. The maximum Gasteiger partial charge on any atom is 0.265 e. The second-order valence-electron chi connectivity index (χ2n) is 4.03. The Balaban J connectivity index is 2.06. The van der Waals surface area contributed by atoms with E-state index >= 15 is 0 Å². The first-order chi connectivity index (χ1) is 9.60. The molecule has 0 heterocycles. The molecule has 0 bridgehead atoms. The zero-order valence-corrected chi connectivity index (χ0v) is 13.6. The fourth-order valence-electron chi connectivity index (χ4n) is 1.58. The lowest BCUT2D eigenvalue weighted by molar-refractivity contribution is 0.0953.